The van der Waals surface area contributed by atoms with Crippen LogP contribution in [-0.4, -0.2) is 9.55 Å². The fraction of sp³-hybridized carbons (Fsp3) is 0.286. The van der Waals surface area contributed by atoms with Crippen LogP contribution in [0.5, 0.6) is 0 Å². The van der Waals surface area contributed by atoms with Gasteiger partial charge in [0.25, 0.3) is 0 Å². The number of aromatic nitrogens is 2. The number of hydrogen-bond acceptors (Lipinski definition) is 3. The predicted molar refractivity (Wildman–Crippen MR) is 49.1 cm³/mol. The summed E-state index contributed by atoms with van der Waals surface area (Å²) in [5.74, 6) is 0.916. The van der Waals surface area contributed by atoms with E-state index in [-0.39, 0.29) is 0 Å². The molecule has 0 bridgehead atoms. The van der Waals surface area contributed by atoms with E-state index in [2.05, 4.69) is 17.6 Å². The zero-order valence-electron chi connectivity index (χ0n) is 6.57. The van der Waals surface area contributed by atoms with E-state index in [1.807, 2.05) is 24.6 Å². The van der Waals surface area contributed by atoms with Crippen LogP contribution in [0, 0.1) is 13.8 Å². The number of hydrogen-bond donors (Lipinski definition) is 2. The van der Waals surface area contributed by atoms with Crippen LogP contribution in [0.15, 0.2) is 11.2 Å². The molecule has 0 saturated carbocycles. The van der Waals surface area contributed by atoms with E-state index in [4.69, 9.17) is 5.73 Å². The van der Waals surface area contributed by atoms with Crippen LogP contribution in [0.25, 0.3) is 6.20 Å². The highest BCUT2D eigenvalue weighted by Gasteiger charge is 1.96. The Kier molecular flexibility index (Phi) is 2.24. The molecule has 0 amide bonds. The Labute approximate surface area is 71.3 Å². The first-order chi connectivity index (χ1) is 5.09. The lowest BCUT2D eigenvalue weighted by molar-refractivity contribution is 1.02. The van der Waals surface area contributed by atoms with Gasteiger partial charge in [0.15, 0.2) is 0 Å². The standard InChI is InChI=1S/C7H11N3S/c1-5-3-10(4-7(8)11)6(2)9-5/h3-4,11H,8H2,1-2H3/b7-4+. The van der Waals surface area contributed by atoms with Crippen molar-refractivity contribution in [3.63, 3.8) is 0 Å². The summed E-state index contributed by atoms with van der Waals surface area (Å²) in [4.78, 5) is 4.19. The molecule has 3 nitrogen and oxygen atoms in total. The Hall–Kier alpha value is -0.900. The molecule has 2 N–H and O–H groups in total. The molecule has 0 aliphatic carbocycles. The lowest BCUT2D eigenvalue weighted by atomic mass is 10.6. The van der Waals surface area contributed by atoms with E-state index in [0.717, 1.165) is 11.5 Å². The van der Waals surface area contributed by atoms with E-state index in [1.165, 1.54) is 0 Å². The monoisotopic (exact) mass is 169 g/mol. The van der Waals surface area contributed by atoms with Crippen LogP contribution in [0.1, 0.15) is 11.5 Å². The van der Waals surface area contributed by atoms with Gasteiger partial charge in [-0.3, -0.25) is 0 Å². The average Bonchev–Trinajstić information content (AvgIpc) is 2.09. The van der Waals surface area contributed by atoms with Crippen LogP contribution in [0.2, 0.25) is 0 Å². The molecular formula is C7H11N3S. The summed E-state index contributed by atoms with van der Waals surface area (Å²) in [6.45, 7) is 3.85. The zero-order valence-corrected chi connectivity index (χ0v) is 7.47. The Morgan fingerprint density at radius 3 is 2.73 bits per heavy atom. The van der Waals surface area contributed by atoms with Gasteiger partial charge in [-0.2, -0.15) is 0 Å². The molecular weight excluding hydrogens is 158 g/mol. The molecule has 0 spiro atoms. The van der Waals surface area contributed by atoms with E-state index in [1.54, 1.807) is 6.20 Å². The van der Waals surface area contributed by atoms with Crippen molar-refractivity contribution in [2.24, 2.45) is 5.73 Å². The van der Waals surface area contributed by atoms with E-state index in [0.29, 0.717) is 5.03 Å². The summed E-state index contributed by atoms with van der Waals surface area (Å²) < 4.78 is 1.84. The van der Waals surface area contributed by atoms with Crippen LogP contribution in [0.3, 0.4) is 0 Å². The molecule has 11 heavy (non-hydrogen) atoms. The second-order valence-corrected chi connectivity index (χ2v) is 2.91. The molecule has 0 atom stereocenters. The summed E-state index contributed by atoms with van der Waals surface area (Å²) in [7, 11) is 0. The SMILES string of the molecule is Cc1cn(/C=C(\N)S)c(C)n1. The molecule has 1 heterocycles. The predicted octanol–water partition coefficient (Wildman–Crippen LogP) is 1.14. The number of imidazole rings is 1. The second-order valence-electron chi connectivity index (χ2n) is 2.39. The molecule has 4 heteroatoms. The summed E-state index contributed by atoms with van der Waals surface area (Å²) in [5, 5.41) is 0.477. The highest BCUT2D eigenvalue weighted by Crippen LogP contribution is 2.03. The summed E-state index contributed by atoms with van der Waals surface area (Å²) in [6.07, 6.45) is 3.62. The van der Waals surface area contributed by atoms with E-state index in [9.17, 15) is 0 Å². The van der Waals surface area contributed by atoms with Gasteiger partial charge < -0.3 is 10.3 Å². The highest BCUT2D eigenvalue weighted by molar-refractivity contribution is 7.84. The minimum absolute atomic E-state index is 0.477. The lowest BCUT2D eigenvalue weighted by Crippen LogP contribution is -1.94. The van der Waals surface area contributed by atoms with Gasteiger partial charge in [-0.1, -0.05) is 0 Å². The fourth-order valence-corrected chi connectivity index (χ4v) is 1.03. The van der Waals surface area contributed by atoms with Crippen molar-refractivity contribution in [2.75, 3.05) is 0 Å². The van der Waals surface area contributed by atoms with Crippen LogP contribution < -0.4 is 5.73 Å². The Balaban J connectivity index is 3.04. The second kappa shape index (κ2) is 3.00. The van der Waals surface area contributed by atoms with E-state index < -0.39 is 0 Å². The van der Waals surface area contributed by atoms with Gasteiger partial charge in [-0.05, 0) is 13.8 Å². The summed E-state index contributed by atoms with van der Waals surface area (Å²) in [5.41, 5.74) is 6.36. The van der Waals surface area contributed by atoms with Crippen molar-refractivity contribution >= 4 is 18.8 Å². The van der Waals surface area contributed by atoms with Crippen molar-refractivity contribution in [1.82, 2.24) is 9.55 Å². The zero-order chi connectivity index (χ0) is 8.43. The number of thiol groups is 1. The Bertz CT molecular complexity index is 284. The molecule has 60 valence electrons. The number of nitrogens with zero attached hydrogens (tertiary/aromatic N) is 2. The molecule has 0 radical (unpaired) electrons. The highest BCUT2D eigenvalue weighted by atomic mass is 32.1. The minimum Gasteiger partial charge on any atom is -0.393 e. The molecule has 0 aromatic carbocycles. The van der Waals surface area contributed by atoms with Crippen LogP contribution in [-0.2, 0) is 0 Å². The normalized spacial score (nSPS) is 12.1. The van der Waals surface area contributed by atoms with Gasteiger partial charge >= 0.3 is 0 Å². The van der Waals surface area contributed by atoms with Crippen LogP contribution >= 0.6 is 12.6 Å². The lowest BCUT2D eigenvalue weighted by Gasteiger charge is -1.95. The van der Waals surface area contributed by atoms with Gasteiger partial charge in [0.1, 0.15) is 5.82 Å². The van der Waals surface area contributed by atoms with Crippen molar-refractivity contribution < 1.29 is 0 Å². The maximum absolute atomic E-state index is 5.38. The van der Waals surface area contributed by atoms with Gasteiger partial charge in [-0.15, -0.1) is 12.6 Å². The number of rotatable bonds is 1. The third-order valence-corrected chi connectivity index (χ3v) is 1.42. The maximum atomic E-state index is 5.38. The smallest absolute Gasteiger partial charge is 0.109 e. The van der Waals surface area contributed by atoms with Crippen molar-refractivity contribution in [1.29, 1.82) is 0 Å². The molecule has 1 aromatic heterocycles. The number of aryl methyl sites for hydroxylation is 2. The maximum Gasteiger partial charge on any atom is 0.109 e. The van der Waals surface area contributed by atoms with E-state index >= 15 is 0 Å². The first-order valence-electron chi connectivity index (χ1n) is 3.28. The first-order valence-corrected chi connectivity index (χ1v) is 3.72. The Morgan fingerprint density at radius 1 is 1.73 bits per heavy atom. The molecule has 1 aromatic rings. The summed E-state index contributed by atoms with van der Waals surface area (Å²) >= 11 is 3.96. The van der Waals surface area contributed by atoms with Gasteiger partial charge in [0, 0.05) is 12.4 Å². The van der Waals surface area contributed by atoms with Crippen molar-refractivity contribution in [3.05, 3.63) is 22.7 Å². The fourth-order valence-electron chi connectivity index (χ4n) is 0.910. The summed E-state index contributed by atoms with van der Waals surface area (Å²) in [6, 6.07) is 0. The van der Waals surface area contributed by atoms with Gasteiger partial charge in [0.05, 0.1) is 10.7 Å². The molecule has 0 aliphatic rings. The molecule has 0 fully saturated rings. The first kappa shape index (κ1) is 8.20. The molecule has 1 rings (SSSR count). The third kappa shape index (κ3) is 2.01. The topological polar surface area (TPSA) is 43.8 Å². The third-order valence-electron chi connectivity index (χ3n) is 1.31. The van der Waals surface area contributed by atoms with Gasteiger partial charge in [0.2, 0.25) is 0 Å². The molecule has 0 unspecified atom stereocenters. The Morgan fingerprint density at radius 2 is 2.36 bits per heavy atom. The van der Waals surface area contributed by atoms with Crippen molar-refractivity contribution in [3.8, 4) is 0 Å². The molecule has 0 saturated heterocycles. The molecule has 0 aliphatic heterocycles. The quantitative estimate of drug-likeness (QED) is 0.619. The minimum atomic E-state index is 0.477. The largest absolute Gasteiger partial charge is 0.393 e. The van der Waals surface area contributed by atoms with Crippen LogP contribution in [0.4, 0.5) is 0 Å². The van der Waals surface area contributed by atoms with Crippen molar-refractivity contribution in [2.45, 2.75) is 13.8 Å². The average molecular weight is 169 g/mol. The number of nitrogens with two attached hydrogens (primary N) is 1. The van der Waals surface area contributed by atoms with Gasteiger partial charge in [-0.25, -0.2) is 4.98 Å².